The van der Waals surface area contributed by atoms with E-state index in [1.807, 2.05) is 0 Å². The van der Waals surface area contributed by atoms with Crippen molar-refractivity contribution >= 4 is 27.2 Å². The molecule has 5 nitrogen and oxygen atoms in total. The highest BCUT2D eigenvalue weighted by Gasteiger charge is 2.24. The number of rotatable bonds is 4. The van der Waals surface area contributed by atoms with Crippen LogP contribution in [0.25, 0.3) is 0 Å². The zero-order valence-electron chi connectivity index (χ0n) is 11.3. The Hall–Kier alpha value is -1.02. The minimum Gasteiger partial charge on any atom is -0.389 e. The van der Waals surface area contributed by atoms with Crippen molar-refractivity contribution in [3.63, 3.8) is 0 Å². The Labute approximate surface area is 124 Å². The Morgan fingerprint density at radius 3 is 2.85 bits per heavy atom. The first-order chi connectivity index (χ1) is 9.40. The molecule has 0 bridgehead atoms. The monoisotopic (exact) mass is 314 g/mol. The number of aryl methyl sites for hydroxylation is 1. The number of sulfonamides is 1. The zero-order valence-corrected chi connectivity index (χ0v) is 12.9. The predicted molar refractivity (Wildman–Crippen MR) is 81.2 cm³/mol. The molecule has 2 rings (SSSR count). The van der Waals surface area contributed by atoms with Crippen molar-refractivity contribution in [3.8, 4) is 0 Å². The minimum absolute atomic E-state index is 0.179. The maximum absolute atomic E-state index is 12.4. The van der Waals surface area contributed by atoms with Crippen molar-refractivity contribution in [2.24, 2.45) is 5.73 Å². The summed E-state index contributed by atoms with van der Waals surface area (Å²) < 4.78 is 32.9. The van der Waals surface area contributed by atoms with E-state index in [0.29, 0.717) is 24.3 Å². The fourth-order valence-electron chi connectivity index (χ4n) is 2.16. The van der Waals surface area contributed by atoms with Crippen LogP contribution >= 0.6 is 12.2 Å². The molecule has 1 aromatic carbocycles. The summed E-state index contributed by atoms with van der Waals surface area (Å²) >= 11 is 4.89. The molecule has 3 N–H and O–H groups in total. The first kappa shape index (κ1) is 15.4. The third-order valence-corrected chi connectivity index (χ3v) is 5.14. The number of nitrogens with two attached hydrogens (primary N) is 1. The van der Waals surface area contributed by atoms with E-state index in [1.54, 1.807) is 19.1 Å². The van der Waals surface area contributed by atoms with Crippen LogP contribution in [-0.2, 0) is 14.8 Å². The molecule has 0 aromatic heterocycles. The van der Waals surface area contributed by atoms with E-state index in [-0.39, 0.29) is 15.9 Å². The van der Waals surface area contributed by atoms with Crippen LogP contribution in [0.15, 0.2) is 23.1 Å². The topological polar surface area (TPSA) is 81.4 Å². The highest BCUT2D eigenvalue weighted by molar-refractivity contribution is 7.89. The van der Waals surface area contributed by atoms with Crippen LogP contribution in [0.3, 0.4) is 0 Å². The van der Waals surface area contributed by atoms with Crippen LogP contribution in [0.2, 0.25) is 0 Å². The van der Waals surface area contributed by atoms with Gasteiger partial charge in [0, 0.05) is 18.2 Å². The van der Waals surface area contributed by atoms with Gasteiger partial charge in [0.05, 0.1) is 11.5 Å². The van der Waals surface area contributed by atoms with Gasteiger partial charge < -0.3 is 10.5 Å². The smallest absolute Gasteiger partial charge is 0.241 e. The number of hydrogen-bond acceptors (Lipinski definition) is 4. The van der Waals surface area contributed by atoms with Gasteiger partial charge in [0.15, 0.2) is 0 Å². The normalized spacial score (nSPS) is 19.8. The van der Waals surface area contributed by atoms with Gasteiger partial charge in [0.25, 0.3) is 0 Å². The maximum atomic E-state index is 12.4. The lowest BCUT2D eigenvalue weighted by atomic mass is 10.1. The molecule has 0 saturated carbocycles. The lowest BCUT2D eigenvalue weighted by molar-refractivity contribution is 0.0774. The number of thiocarbonyl (C=S) groups is 1. The molecule has 1 saturated heterocycles. The molecule has 1 aliphatic rings. The van der Waals surface area contributed by atoms with Gasteiger partial charge in [-0.2, -0.15) is 0 Å². The van der Waals surface area contributed by atoms with E-state index < -0.39 is 10.0 Å². The van der Waals surface area contributed by atoms with Gasteiger partial charge in [-0.25, -0.2) is 13.1 Å². The number of nitrogens with one attached hydrogen (secondary N) is 1. The summed E-state index contributed by atoms with van der Waals surface area (Å²) in [6, 6.07) is 4.77. The van der Waals surface area contributed by atoms with E-state index in [0.717, 1.165) is 12.8 Å². The zero-order chi connectivity index (χ0) is 14.8. The fraction of sp³-hybridized carbons (Fsp3) is 0.462. The fourth-order valence-corrected chi connectivity index (χ4v) is 3.81. The summed E-state index contributed by atoms with van der Waals surface area (Å²) in [6.07, 6.45) is 1.65. The summed E-state index contributed by atoms with van der Waals surface area (Å²) in [6.45, 7) is 2.84. The first-order valence-corrected chi connectivity index (χ1v) is 8.30. The van der Waals surface area contributed by atoms with Gasteiger partial charge in [-0.1, -0.05) is 24.4 Å². The molecule has 7 heteroatoms. The molecule has 1 fully saturated rings. The number of benzene rings is 1. The van der Waals surface area contributed by atoms with Crippen molar-refractivity contribution in [1.82, 2.24) is 4.72 Å². The van der Waals surface area contributed by atoms with Crippen molar-refractivity contribution in [1.29, 1.82) is 0 Å². The Bertz CT molecular complexity index is 608. The molecule has 1 atom stereocenters. The van der Waals surface area contributed by atoms with Crippen LogP contribution in [0.5, 0.6) is 0 Å². The Balaban J connectivity index is 2.28. The van der Waals surface area contributed by atoms with Crippen LogP contribution in [-0.4, -0.2) is 32.7 Å². The van der Waals surface area contributed by atoms with Crippen molar-refractivity contribution < 1.29 is 13.2 Å². The molecular weight excluding hydrogens is 296 g/mol. The van der Waals surface area contributed by atoms with Gasteiger partial charge in [-0.15, -0.1) is 0 Å². The van der Waals surface area contributed by atoms with Gasteiger partial charge in [0.1, 0.15) is 4.99 Å². The third-order valence-electron chi connectivity index (χ3n) is 3.24. The highest BCUT2D eigenvalue weighted by atomic mass is 32.2. The number of hydrogen-bond donors (Lipinski definition) is 2. The first-order valence-electron chi connectivity index (χ1n) is 6.40. The van der Waals surface area contributed by atoms with E-state index in [9.17, 15) is 8.42 Å². The Morgan fingerprint density at radius 1 is 1.50 bits per heavy atom. The van der Waals surface area contributed by atoms with Crippen molar-refractivity contribution in [2.45, 2.75) is 30.7 Å². The Kier molecular flexibility index (Phi) is 4.74. The molecule has 0 spiro atoms. The minimum atomic E-state index is -3.59. The molecule has 1 heterocycles. The average Bonchev–Trinajstić information content (AvgIpc) is 2.39. The summed E-state index contributed by atoms with van der Waals surface area (Å²) in [5, 5.41) is 0. The second-order valence-electron chi connectivity index (χ2n) is 4.88. The molecule has 1 aliphatic heterocycles. The maximum Gasteiger partial charge on any atom is 0.241 e. The molecule has 0 radical (unpaired) electrons. The predicted octanol–water partition coefficient (Wildman–Crippen LogP) is 1.09. The summed E-state index contributed by atoms with van der Waals surface area (Å²) in [4.78, 5) is 0.399. The van der Waals surface area contributed by atoms with Crippen LogP contribution < -0.4 is 10.5 Å². The summed E-state index contributed by atoms with van der Waals surface area (Å²) in [7, 11) is -3.59. The standard InChI is InChI=1S/C13H18N2O3S2/c1-9-4-5-10(13(14)19)7-12(9)20(16,17)15-11-3-2-6-18-8-11/h4-5,7,11,15H,2-3,6,8H2,1H3,(H2,14,19). The number of ether oxygens (including phenoxy) is 1. The van der Waals surface area contributed by atoms with E-state index in [4.69, 9.17) is 22.7 Å². The summed E-state index contributed by atoms with van der Waals surface area (Å²) in [5.74, 6) is 0. The second-order valence-corrected chi connectivity index (χ2v) is 7.00. The van der Waals surface area contributed by atoms with E-state index >= 15 is 0 Å². The van der Waals surface area contributed by atoms with E-state index in [1.165, 1.54) is 6.07 Å². The molecule has 0 aliphatic carbocycles. The van der Waals surface area contributed by atoms with Gasteiger partial charge in [0.2, 0.25) is 10.0 Å². The Morgan fingerprint density at radius 2 is 2.25 bits per heavy atom. The lowest BCUT2D eigenvalue weighted by Crippen LogP contribution is -2.40. The van der Waals surface area contributed by atoms with Crippen LogP contribution in [0, 0.1) is 6.92 Å². The summed E-state index contributed by atoms with van der Waals surface area (Å²) in [5.41, 5.74) is 6.76. The average molecular weight is 314 g/mol. The van der Waals surface area contributed by atoms with Crippen LogP contribution in [0.1, 0.15) is 24.0 Å². The quantitative estimate of drug-likeness (QED) is 0.813. The van der Waals surface area contributed by atoms with Crippen LogP contribution in [0.4, 0.5) is 0 Å². The SMILES string of the molecule is Cc1ccc(C(N)=S)cc1S(=O)(=O)NC1CCCOC1. The van der Waals surface area contributed by atoms with Gasteiger partial charge in [-0.05, 0) is 31.4 Å². The largest absolute Gasteiger partial charge is 0.389 e. The van der Waals surface area contributed by atoms with E-state index in [2.05, 4.69) is 4.72 Å². The third kappa shape index (κ3) is 3.54. The second kappa shape index (κ2) is 6.17. The molecule has 1 unspecified atom stereocenters. The van der Waals surface area contributed by atoms with Crippen molar-refractivity contribution in [2.75, 3.05) is 13.2 Å². The lowest BCUT2D eigenvalue weighted by Gasteiger charge is -2.23. The highest BCUT2D eigenvalue weighted by Crippen LogP contribution is 2.19. The van der Waals surface area contributed by atoms with Gasteiger partial charge >= 0.3 is 0 Å². The molecule has 0 amide bonds. The molecule has 110 valence electrons. The van der Waals surface area contributed by atoms with Crippen molar-refractivity contribution in [3.05, 3.63) is 29.3 Å². The van der Waals surface area contributed by atoms with Gasteiger partial charge in [-0.3, -0.25) is 0 Å². The molecular formula is C13H18N2O3S2. The molecule has 1 aromatic rings. The molecule has 20 heavy (non-hydrogen) atoms.